The van der Waals surface area contributed by atoms with Crippen molar-refractivity contribution in [2.75, 3.05) is 33.4 Å². The van der Waals surface area contributed by atoms with E-state index >= 15 is 4.39 Å². The maximum Gasteiger partial charge on any atom is 0.174 e. The second kappa shape index (κ2) is 11.6. The normalized spacial score (nSPS) is 19.2. The van der Waals surface area contributed by atoms with E-state index in [1.807, 2.05) is 18.2 Å². The number of aliphatic hydroxyl groups is 1. The number of aliphatic hydroxyl groups excluding tert-OH is 1. The summed E-state index contributed by atoms with van der Waals surface area (Å²) in [5.74, 6) is 4.62. The molecule has 0 radical (unpaired) electrons. The van der Waals surface area contributed by atoms with Crippen LogP contribution in [0.25, 0.3) is 10.9 Å². The Morgan fingerprint density at radius 3 is 2.86 bits per heavy atom. The molecule has 0 amide bonds. The molecule has 3 aromatic rings. The van der Waals surface area contributed by atoms with Gasteiger partial charge in [-0.25, -0.2) is 13.2 Å². The SMILES string of the molecule is COc1ccc2nccc([C@H](F)CC[C@@H]3CCN(CC#Cc4cccc(F)c4F)C[C@@H]3CO)c2c1. The molecule has 0 unspecified atom stereocenters. The van der Waals surface area contributed by atoms with Gasteiger partial charge in [0.15, 0.2) is 11.6 Å². The van der Waals surface area contributed by atoms with Crippen molar-refractivity contribution in [3.63, 3.8) is 0 Å². The van der Waals surface area contributed by atoms with Gasteiger partial charge >= 0.3 is 0 Å². The number of aromatic nitrogens is 1. The molecule has 184 valence electrons. The highest BCUT2D eigenvalue weighted by Gasteiger charge is 2.29. The number of alkyl halides is 1. The quantitative estimate of drug-likeness (QED) is 0.465. The highest BCUT2D eigenvalue weighted by atomic mass is 19.2. The summed E-state index contributed by atoms with van der Waals surface area (Å²) in [6.45, 7) is 1.80. The zero-order chi connectivity index (χ0) is 24.8. The van der Waals surface area contributed by atoms with Gasteiger partial charge in [0.05, 0.1) is 24.7 Å². The first-order valence-corrected chi connectivity index (χ1v) is 11.8. The van der Waals surface area contributed by atoms with Gasteiger partial charge in [0.25, 0.3) is 0 Å². The summed E-state index contributed by atoms with van der Waals surface area (Å²) < 4.78 is 47.7. The van der Waals surface area contributed by atoms with E-state index < -0.39 is 17.8 Å². The molecule has 1 aromatic heterocycles. The fourth-order valence-corrected chi connectivity index (χ4v) is 4.80. The van der Waals surface area contributed by atoms with Gasteiger partial charge < -0.3 is 9.84 Å². The summed E-state index contributed by atoms with van der Waals surface area (Å²) in [7, 11) is 1.58. The number of nitrogens with zero attached hydrogens (tertiary/aromatic N) is 2. The Hall–Kier alpha value is -3.08. The molecule has 35 heavy (non-hydrogen) atoms. The van der Waals surface area contributed by atoms with Gasteiger partial charge in [0.1, 0.15) is 11.9 Å². The van der Waals surface area contributed by atoms with Crippen LogP contribution in [0.2, 0.25) is 0 Å². The van der Waals surface area contributed by atoms with E-state index in [0.29, 0.717) is 37.2 Å². The molecule has 1 fully saturated rings. The lowest BCUT2D eigenvalue weighted by Crippen LogP contribution is -2.42. The van der Waals surface area contributed by atoms with Gasteiger partial charge in [-0.15, -0.1) is 0 Å². The molecular weight excluding hydrogens is 453 g/mol. The van der Waals surface area contributed by atoms with Crippen molar-refractivity contribution in [3.8, 4) is 17.6 Å². The van der Waals surface area contributed by atoms with Crippen LogP contribution in [0.1, 0.15) is 36.6 Å². The Kier molecular flexibility index (Phi) is 8.27. The van der Waals surface area contributed by atoms with Crippen LogP contribution in [0, 0.1) is 35.3 Å². The minimum Gasteiger partial charge on any atom is -0.497 e. The average Bonchev–Trinajstić information content (AvgIpc) is 2.89. The van der Waals surface area contributed by atoms with Gasteiger partial charge in [-0.2, -0.15) is 0 Å². The Balaban J connectivity index is 1.35. The predicted octanol–water partition coefficient (Wildman–Crippen LogP) is 5.29. The Morgan fingerprint density at radius 2 is 2.06 bits per heavy atom. The van der Waals surface area contributed by atoms with Crippen LogP contribution in [-0.2, 0) is 0 Å². The summed E-state index contributed by atoms with van der Waals surface area (Å²) in [6, 6.07) is 11.1. The van der Waals surface area contributed by atoms with Gasteiger partial charge in [-0.3, -0.25) is 9.88 Å². The molecule has 1 aliphatic rings. The van der Waals surface area contributed by atoms with Gasteiger partial charge in [-0.1, -0.05) is 17.9 Å². The zero-order valence-electron chi connectivity index (χ0n) is 19.7. The number of fused-ring (bicyclic) bond motifs is 1. The third kappa shape index (κ3) is 5.95. The number of pyridine rings is 1. The maximum atomic E-state index is 15.3. The zero-order valence-corrected chi connectivity index (χ0v) is 19.7. The molecule has 2 heterocycles. The highest BCUT2D eigenvalue weighted by Crippen LogP contribution is 2.35. The predicted molar refractivity (Wildman–Crippen MR) is 130 cm³/mol. The number of rotatable bonds is 7. The fraction of sp³-hybridized carbons (Fsp3) is 0.393. The van der Waals surface area contributed by atoms with Crippen molar-refractivity contribution in [2.24, 2.45) is 11.8 Å². The van der Waals surface area contributed by atoms with E-state index in [-0.39, 0.29) is 24.0 Å². The third-order valence-corrected chi connectivity index (χ3v) is 6.80. The molecule has 7 heteroatoms. The molecule has 2 aromatic carbocycles. The molecular formula is C28H29F3N2O2. The first kappa shape index (κ1) is 25.0. The van der Waals surface area contributed by atoms with Crippen molar-refractivity contribution in [2.45, 2.75) is 25.4 Å². The second-order valence-corrected chi connectivity index (χ2v) is 8.96. The summed E-state index contributed by atoms with van der Waals surface area (Å²) in [4.78, 5) is 6.42. The number of ether oxygens (including phenoxy) is 1. The summed E-state index contributed by atoms with van der Waals surface area (Å²) >= 11 is 0. The minimum absolute atomic E-state index is 0.0120. The van der Waals surface area contributed by atoms with Crippen molar-refractivity contribution >= 4 is 10.9 Å². The number of hydrogen-bond acceptors (Lipinski definition) is 4. The van der Waals surface area contributed by atoms with Crippen LogP contribution in [0.4, 0.5) is 13.2 Å². The first-order chi connectivity index (χ1) is 17.0. The highest BCUT2D eigenvalue weighted by molar-refractivity contribution is 5.83. The summed E-state index contributed by atoms with van der Waals surface area (Å²) in [6.07, 6.45) is 2.32. The van der Waals surface area contributed by atoms with Gasteiger partial charge in [-0.05, 0) is 79.6 Å². The number of piperidine rings is 1. The number of methoxy groups -OCH3 is 1. The van der Waals surface area contributed by atoms with Crippen LogP contribution in [0.15, 0.2) is 48.7 Å². The Labute approximate surface area is 203 Å². The molecule has 0 spiro atoms. The van der Waals surface area contributed by atoms with E-state index in [2.05, 4.69) is 21.7 Å². The fourth-order valence-electron chi connectivity index (χ4n) is 4.80. The summed E-state index contributed by atoms with van der Waals surface area (Å²) in [5.41, 5.74) is 1.37. The van der Waals surface area contributed by atoms with Crippen molar-refractivity contribution < 1.29 is 23.0 Å². The molecule has 1 saturated heterocycles. The van der Waals surface area contributed by atoms with Crippen LogP contribution in [0.5, 0.6) is 5.75 Å². The molecule has 1 aliphatic heterocycles. The molecule has 0 saturated carbocycles. The number of benzene rings is 2. The monoisotopic (exact) mass is 482 g/mol. The largest absolute Gasteiger partial charge is 0.497 e. The van der Waals surface area contributed by atoms with E-state index in [1.165, 1.54) is 12.1 Å². The number of halogens is 3. The second-order valence-electron chi connectivity index (χ2n) is 8.96. The lowest BCUT2D eigenvalue weighted by atomic mass is 9.81. The summed E-state index contributed by atoms with van der Waals surface area (Å²) in [5, 5.41) is 10.7. The smallest absolute Gasteiger partial charge is 0.174 e. The lowest BCUT2D eigenvalue weighted by Gasteiger charge is -2.37. The molecule has 0 aliphatic carbocycles. The number of hydrogen-bond donors (Lipinski definition) is 1. The standard InChI is InChI=1S/C28H29F3N2O2/c1-35-22-8-10-27-24(16-22)23(11-13-32-27)25(29)9-7-19-12-15-33(17-21(19)18-34)14-3-5-20-4-2-6-26(30)28(20)31/h2,4,6,8,10-11,13,16,19,21,25,34H,7,9,12,14-15,17-18H2,1H3/t19-,21-,25-/m1/s1. The van der Waals surface area contributed by atoms with E-state index in [9.17, 15) is 13.9 Å². The molecule has 4 rings (SSSR count). The molecule has 3 atom stereocenters. The third-order valence-electron chi connectivity index (χ3n) is 6.80. The first-order valence-electron chi connectivity index (χ1n) is 11.8. The van der Waals surface area contributed by atoms with Crippen molar-refractivity contribution in [1.29, 1.82) is 0 Å². The van der Waals surface area contributed by atoms with E-state index in [4.69, 9.17) is 4.74 Å². The number of likely N-dealkylation sites (tertiary alicyclic amines) is 1. The van der Waals surface area contributed by atoms with Gasteiger partial charge in [0.2, 0.25) is 0 Å². The Bertz CT molecular complexity index is 1220. The molecule has 1 N–H and O–H groups in total. The van der Waals surface area contributed by atoms with Crippen LogP contribution < -0.4 is 4.74 Å². The minimum atomic E-state index is -1.14. The molecule has 4 nitrogen and oxygen atoms in total. The molecule has 0 bridgehead atoms. The Morgan fingerprint density at radius 1 is 1.20 bits per heavy atom. The average molecular weight is 483 g/mol. The van der Waals surface area contributed by atoms with Crippen LogP contribution >= 0.6 is 0 Å². The van der Waals surface area contributed by atoms with E-state index in [0.717, 1.165) is 29.9 Å². The van der Waals surface area contributed by atoms with Crippen molar-refractivity contribution in [3.05, 3.63) is 71.4 Å². The lowest BCUT2D eigenvalue weighted by molar-refractivity contribution is 0.0708. The van der Waals surface area contributed by atoms with Crippen LogP contribution in [0.3, 0.4) is 0 Å². The maximum absolute atomic E-state index is 15.3. The van der Waals surface area contributed by atoms with Crippen molar-refractivity contribution in [1.82, 2.24) is 9.88 Å². The van der Waals surface area contributed by atoms with Gasteiger partial charge in [0, 0.05) is 24.7 Å². The topological polar surface area (TPSA) is 45.6 Å². The van der Waals surface area contributed by atoms with E-state index in [1.54, 1.807) is 19.4 Å². The van der Waals surface area contributed by atoms with Crippen LogP contribution in [-0.4, -0.2) is 48.3 Å².